The number of aromatic nitrogens is 3. The van der Waals surface area contributed by atoms with Crippen LogP contribution in [0, 0.1) is 5.82 Å². The van der Waals surface area contributed by atoms with E-state index in [4.69, 9.17) is 9.26 Å². The van der Waals surface area contributed by atoms with Crippen LogP contribution in [-0.4, -0.2) is 26.5 Å². The molecule has 0 saturated heterocycles. The number of ether oxygens (including phenoxy) is 1. The third kappa shape index (κ3) is 3.09. The first-order valence-electron chi connectivity index (χ1n) is 8.85. The van der Waals surface area contributed by atoms with Crippen LogP contribution >= 0.6 is 0 Å². The Labute approximate surface area is 155 Å². The lowest BCUT2D eigenvalue weighted by Gasteiger charge is -2.36. The van der Waals surface area contributed by atoms with Crippen molar-refractivity contribution in [3.8, 4) is 28.6 Å². The van der Waals surface area contributed by atoms with Gasteiger partial charge in [-0.25, -0.2) is 4.39 Å². The van der Waals surface area contributed by atoms with Gasteiger partial charge in [-0.1, -0.05) is 19.0 Å². The SMILES string of the molecule is CCC1(CC)CC(=O)c2cc(-c3noc(-c4cncc(F)c4)n3)ccc2O1. The molecule has 0 radical (unpaired) electrons. The quantitative estimate of drug-likeness (QED) is 0.677. The van der Waals surface area contributed by atoms with Gasteiger partial charge in [0.15, 0.2) is 5.78 Å². The molecule has 0 unspecified atom stereocenters. The van der Waals surface area contributed by atoms with Crippen LogP contribution in [0.5, 0.6) is 5.75 Å². The predicted octanol–water partition coefficient (Wildman–Crippen LogP) is 4.46. The molecule has 2 aromatic heterocycles. The zero-order chi connectivity index (χ0) is 19.0. The molecule has 1 aliphatic rings. The van der Waals surface area contributed by atoms with E-state index < -0.39 is 11.4 Å². The summed E-state index contributed by atoms with van der Waals surface area (Å²) >= 11 is 0. The van der Waals surface area contributed by atoms with Crippen molar-refractivity contribution in [1.29, 1.82) is 0 Å². The monoisotopic (exact) mass is 367 g/mol. The Morgan fingerprint density at radius 2 is 1.96 bits per heavy atom. The van der Waals surface area contributed by atoms with Crippen LogP contribution in [0.4, 0.5) is 4.39 Å². The first kappa shape index (κ1) is 17.3. The van der Waals surface area contributed by atoms with Crippen molar-refractivity contribution in [3.05, 3.63) is 48.0 Å². The van der Waals surface area contributed by atoms with Crippen molar-refractivity contribution in [2.75, 3.05) is 0 Å². The van der Waals surface area contributed by atoms with E-state index in [0.29, 0.717) is 34.7 Å². The zero-order valence-electron chi connectivity index (χ0n) is 15.0. The lowest BCUT2D eigenvalue weighted by molar-refractivity contribution is 0.0350. The lowest BCUT2D eigenvalue weighted by atomic mass is 9.85. The largest absolute Gasteiger partial charge is 0.486 e. The number of hydrogen-bond donors (Lipinski definition) is 0. The van der Waals surface area contributed by atoms with Crippen molar-refractivity contribution in [2.24, 2.45) is 0 Å². The van der Waals surface area contributed by atoms with E-state index in [9.17, 15) is 9.18 Å². The van der Waals surface area contributed by atoms with Gasteiger partial charge in [0.05, 0.1) is 23.7 Å². The maximum atomic E-state index is 13.3. The van der Waals surface area contributed by atoms with Crippen molar-refractivity contribution in [3.63, 3.8) is 0 Å². The van der Waals surface area contributed by atoms with E-state index in [0.717, 1.165) is 19.0 Å². The Bertz CT molecular complexity index is 1010. The fraction of sp³-hybridized carbons (Fsp3) is 0.300. The van der Waals surface area contributed by atoms with Crippen molar-refractivity contribution in [1.82, 2.24) is 15.1 Å². The summed E-state index contributed by atoms with van der Waals surface area (Å²) in [6.07, 6.45) is 4.43. The van der Waals surface area contributed by atoms with Crippen LogP contribution in [0.2, 0.25) is 0 Å². The maximum absolute atomic E-state index is 13.3. The van der Waals surface area contributed by atoms with Gasteiger partial charge in [0.1, 0.15) is 17.2 Å². The van der Waals surface area contributed by atoms with Gasteiger partial charge in [-0.15, -0.1) is 0 Å². The molecular formula is C20H18FN3O3. The summed E-state index contributed by atoms with van der Waals surface area (Å²) < 4.78 is 24.7. The number of fused-ring (bicyclic) bond motifs is 1. The molecule has 27 heavy (non-hydrogen) atoms. The van der Waals surface area contributed by atoms with Gasteiger partial charge >= 0.3 is 0 Å². The van der Waals surface area contributed by atoms with Crippen molar-refractivity contribution in [2.45, 2.75) is 38.7 Å². The van der Waals surface area contributed by atoms with Crippen LogP contribution in [0.3, 0.4) is 0 Å². The highest BCUT2D eigenvalue weighted by Crippen LogP contribution is 2.38. The molecule has 0 saturated carbocycles. The molecule has 4 rings (SSSR count). The van der Waals surface area contributed by atoms with Gasteiger partial charge in [0.2, 0.25) is 5.82 Å². The van der Waals surface area contributed by atoms with Gasteiger partial charge < -0.3 is 9.26 Å². The van der Waals surface area contributed by atoms with Crippen LogP contribution in [0.1, 0.15) is 43.5 Å². The molecular weight excluding hydrogens is 349 g/mol. The number of carbonyl (C=O) groups is 1. The summed E-state index contributed by atoms with van der Waals surface area (Å²) in [4.78, 5) is 20.7. The highest BCUT2D eigenvalue weighted by atomic mass is 19.1. The molecule has 1 aromatic carbocycles. The third-order valence-corrected chi connectivity index (χ3v) is 5.01. The minimum atomic E-state index is -0.487. The number of carbonyl (C=O) groups excluding carboxylic acids is 1. The van der Waals surface area contributed by atoms with E-state index in [-0.39, 0.29) is 11.7 Å². The molecule has 7 heteroatoms. The number of ketones is 1. The highest BCUT2D eigenvalue weighted by Gasteiger charge is 2.37. The predicted molar refractivity (Wildman–Crippen MR) is 95.8 cm³/mol. The van der Waals surface area contributed by atoms with E-state index >= 15 is 0 Å². The molecule has 0 atom stereocenters. The molecule has 0 fully saturated rings. The topological polar surface area (TPSA) is 78.1 Å². The Morgan fingerprint density at radius 3 is 2.70 bits per heavy atom. The van der Waals surface area contributed by atoms with E-state index in [1.165, 1.54) is 12.3 Å². The minimum absolute atomic E-state index is 0.0415. The number of rotatable bonds is 4. The normalized spacial score (nSPS) is 15.3. The average molecular weight is 367 g/mol. The van der Waals surface area contributed by atoms with Crippen molar-refractivity contribution >= 4 is 5.78 Å². The maximum Gasteiger partial charge on any atom is 0.259 e. The summed E-state index contributed by atoms with van der Waals surface area (Å²) in [5.41, 5.74) is 1.10. The van der Waals surface area contributed by atoms with Gasteiger partial charge in [0.25, 0.3) is 5.89 Å². The Hall–Kier alpha value is -3.09. The molecule has 6 nitrogen and oxygen atoms in total. The number of Topliss-reactive ketones (excluding diaryl/α,β-unsaturated/α-hetero) is 1. The number of halogens is 1. The Balaban J connectivity index is 1.68. The average Bonchev–Trinajstić information content (AvgIpc) is 3.18. The molecule has 3 heterocycles. The van der Waals surface area contributed by atoms with Crippen LogP contribution in [0.25, 0.3) is 22.8 Å². The standard InChI is InChI=1S/C20H18FN3O3/c1-3-20(4-2)9-16(25)15-8-12(5-6-17(15)26-20)18-23-19(27-24-18)13-7-14(21)11-22-10-13/h5-8,10-11H,3-4,9H2,1-2H3. The first-order valence-corrected chi connectivity index (χ1v) is 8.85. The summed E-state index contributed by atoms with van der Waals surface area (Å²) in [6, 6.07) is 6.53. The Morgan fingerprint density at radius 1 is 1.15 bits per heavy atom. The number of pyridine rings is 1. The van der Waals surface area contributed by atoms with Crippen LogP contribution in [0.15, 0.2) is 41.2 Å². The molecule has 0 bridgehead atoms. The molecule has 0 amide bonds. The summed E-state index contributed by atoms with van der Waals surface area (Å²) in [6.45, 7) is 4.05. The zero-order valence-corrected chi connectivity index (χ0v) is 15.0. The highest BCUT2D eigenvalue weighted by molar-refractivity contribution is 6.01. The van der Waals surface area contributed by atoms with Crippen LogP contribution in [-0.2, 0) is 0 Å². The number of benzene rings is 1. The molecule has 0 N–H and O–H groups in total. The fourth-order valence-electron chi connectivity index (χ4n) is 3.26. The first-order chi connectivity index (χ1) is 13.0. The van der Waals surface area contributed by atoms with Crippen LogP contribution < -0.4 is 4.74 Å². The molecule has 3 aromatic rings. The number of nitrogens with zero attached hydrogens (tertiary/aromatic N) is 3. The lowest BCUT2D eigenvalue weighted by Crippen LogP contribution is -2.40. The molecule has 0 spiro atoms. The summed E-state index contributed by atoms with van der Waals surface area (Å²) in [5, 5.41) is 3.94. The van der Waals surface area contributed by atoms with E-state index in [1.807, 2.05) is 13.8 Å². The minimum Gasteiger partial charge on any atom is -0.486 e. The van der Waals surface area contributed by atoms with Gasteiger partial charge in [-0.3, -0.25) is 9.78 Å². The third-order valence-electron chi connectivity index (χ3n) is 5.01. The molecule has 1 aliphatic heterocycles. The number of hydrogen-bond acceptors (Lipinski definition) is 6. The fourth-order valence-corrected chi connectivity index (χ4v) is 3.26. The summed E-state index contributed by atoms with van der Waals surface area (Å²) in [5.74, 6) is 0.608. The van der Waals surface area contributed by atoms with Crippen molar-refractivity contribution < 1.29 is 18.4 Å². The second-order valence-electron chi connectivity index (χ2n) is 6.62. The second-order valence-corrected chi connectivity index (χ2v) is 6.62. The Kier molecular flexibility index (Phi) is 4.22. The molecule has 138 valence electrons. The molecule has 0 aliphatic carbocycles. The van der Waals surface area contributed by atoms with E-state index in [2.05, 4.69) is 15.1 Å². The summed E-state index contributed by atoms with van der Waals surface area (Å²) in [7, 11) is 0. The van der Waals surface area contributed by atoms with Gasteiger partial charge in [-0.2, -0.15) is 4.98 Å². The van der Waals surface area contributed by atoms with E-state index in [1.54, 1.807) is 18.2 Å². The smallest absolute Gasteiger partial charge is 0.259 e. The van der Waals surface area contributed by atoms with Gasteiger partial charge in [-0.05, 0) is 37.1 Å². The second kappa shape index (κ2) is 6.57. The van der Waals surface area contributed by atoms with Gasteiger partial charge in [0, 0.05) is 11.8 Å².